The average molecular weight is 239 g/mol. The summed E-state index contributed by atoms with van der Waals surface area (Å²) in [5.41, 5.74) is 6.41. The summed E-state index contributed by atoms with van der Waals surface area (Å²) in [4.78, 5) is 10.4. The fraction of sp³-hybridized carbons (Fsp3) is 0.417. The molecule has 0 spiro atoms. The van der Waals surface area contributed by atoms with E-state index < -0.39 is 6.04 Å². The molecule has 1 rings (SSSR count). The van der Waals surface area contributed by atoms with Crippen LogP contribution in [0.25, 0.3) is 0 Å². The van der Waals surface area contributed by atoms with Crippen molar-refractivity contribution in [1.82, 2.24) is 0 Å². The second-order valence-corrected chi connectivity index (χ2v) is 3.71. The number of aliphatic hydroxyl groups is 1. The second kappa shape index (κ2) is 6.88. The van der Waals surface area contributed by atoms with Gasteiger partial charge in [0.1, 0.15) is 12.9 Å². The predicted molar refractivity (Wildman–Crippen MR) is 63.0 cm³/mol. The molecule has 0 radical (unpaired) electrons. The highest BCUT2D eigenvalue weighted by Gasteiger charge is 2.06. The minimum atomic E-state index is -0.467. The number of aliphatic hydroxyl groups excluding tert-OH is 1. The van der Waals surface area contributed by atoms with Crippen LogP contribution in [0, 0.1) is 0 Å². The molecule has 0 saturated heterocycles. The highest BCUT2D eigenvalue weighted by molar-refractivity contribution is 5.57. The highest BCUT2D eigenvalue weighted by atomic mass is 16.5. The zero-order valence-corrected chi connectivity index (χ0v) is 9.50. The first-order valence-electron chi connectivity index (χ1n) is 5.43. The maximum absolute atomic E-state index is 10.4. The van der Waals surface area contributed by atoms with Gasteiger partial charge in [0.2, 0.25) is 0 Å². The van der Waals surface area contributed by atoms with Crippen LogP contribution in [0.4, 0.5) is 0 Å². The number of nitrogens with two attached hydrogens (primary N) is 1. The molecule has 0 amide bonds. The fourth-order valence-electron chi connectivity index (χ4n) is 1.39. The van der Waals surface area contributed by atoms with E-state index in [1.165, 1.54) is 6.07 Å². The largest absolute Gasteiger partial charge is 0.504 e. The molecule has 1 aromatic carbocycles. The molecule has 94 valence electrons. The summed E-state index contributed by atoms with van der Waals surface area (Å²) in [6.45, 7) is 0.0184. The Labute approximate surface area is 99.8 Å². The molecule has 5 nitrogen and oxygen atoms in total. The number of rotatable bonds is 7. The maximum atomic E-state index is 10.4. The highest BCUT2D eigenvalue weighted by Crippen LogP contribution is 2.27. The van der Waals surface area contributed by atoms with Crippen LogP contribution in [-0.2, 0) is 11.2 Å². The van der Waals surface area contributed by atoms with Gasteiger partial charge in [0.05, 0.1) is 12.6 Å². The molecule has 0 fully saturated rings. The van der Waals surface area contributed by atoms with Crippen LogP contribution in [0.3, 0.4) is 0 Å². The number of phenols is 1. The smallest absolute Gasteiger partial charge is 0.161 e. The number of aryl methyl sites for hydroxylation is 1. The van der Waals surface area contributed by atoms with Gasteiger partial charge in [0, 0.05) is 0 Å². The van der Waals surface area contributed by atoms with Crippen molar-refractivity contribution in [2.24, 2.45) is 5.73 Å². The molecule has 0 aromatic heterocycles. The van der Waals surface area contributed by atoms with Crippen molar-refractivity contribution in [2.45, 2.75) is 18.9 Å². The Hall–Kier alpha value is -1.59. The first-order valence-corrected chi connectivity index (χ1v) is 5.43. The van der Waals surface area contributed by atoms with Gasteiger partial charge in [-0.3, -0.25) is 0 Å². The Kier molecular flexibility index (Phi) is 5.45. The lowest BCUT2D eigenvalue weighted by Gasteiger charge is -2.09. The third-order valence-electron chi connectivity index (χ3n) is 2.31. The van der Waals surface area contributed by atoms with Crippen LogP contribution in [0.1, 0.15) is 12.0 Å². The van der Waals surface area contributed by atoms with Gasteiger partial charge in [-0.15, -0.1) is 0 Å². The number of aldehydes is 1. The van der Waals surface area contributed by atoms with Gasteiger partial charge in [-0.2, -0.15) is 0 Å². The van der Waals surface area contributed by atoms with E-state index in [9.17, 15) is 9.90 Å². The Morgan fingerprint density at radius 1 is 1.47 bits per heavy atom. The molecule has 0 aliphatic rings. The molecule has 0 aliphatic carbocycles. The standard InChI is InChI=1S/C12H17NO4/c13-10(8-15)3-1-9-2-4-11(16)12(7-9)17-6-5-14/h2,4,7-8,10,14,16H,1,3,5-6,13H2. The molecule has 0 bridgehead atoms. The van der Waals surface area contributed by atoms with Crippen LogP contribution in [0.5, 0.6) is 11.5 Å². The lowest BCUT2D eigenvalue weighted by atomic mass is 10.1. The molecule has 0 saturated carbocycles. The molecule has 1 unspecified atom stereocenters. The van der Waals surface area contributed by atoms with E-state index >= 15 is 0 Å². The normalized spacial score (nSPS) is 12.1. The summed E-state index contributed by atoms with van der Waals surface area (Å²) in [5, 5.41) is 18.1. The Morgan fingerprint density at radius 3 is 2.88 bits per heavy atom. The minimum absolute atomic E-state index is 0.0295. The zero-order chi connectivity index (χ0) is 12.7. The Morgan fingerprint density at radius 2 is 2.24 bits per heavy atom. The summed E-state index contributed by atoms with van der Waals surface area (Å²) in [6.07, 6.45) is 1.90. The summed E-state index contributed by atoms with van der Waals surface area (Å²) in [7, 11) is 0. The van der Waals surface area contributed by atoms with Crippen LogP contribution in [0.2, 0.25) is 0 Å². The molecule has 17 heavy (non-hydrogen) atoms. The molecule has 1 aromatic rings. The van der Waals surface area contributed by atoms with Crippen molar-refractivity contribution in [2.75, 3.05) is 13.2 Å². The zero-order valence-electron chi connectivity index (χ0n) is 9.50. The van der Waals surface area contributed by atoms with E-state index in [0.717, 1.165) is 5.56 Å². The summed E-state index contributed by atoms with van der Waals surface area (Å²) < 4.78 is 5.16. The first-order chi connectivity index (χ1) is 8.17. The van der Waals surface area contributed by atoms with Gasteiger partial charge in [0.25, 0.3) is 0 Å². The third-order valence-corrected chi connectivity index (χ3v) is 2.31. The summed E-state index contributed by atoms with van der Waals surface area (Å²) in [6, 6.07) is 4.49. The Bertz CT molecular complexity index is 368. The van der Waals surface area contributed by atoms with Crippen molar-refractivity contribution in [1.29, 1.82) is 0 Å². The van der Waals surface area contributed by atoms with E-state index in [1.807, 2.05) is 0 Å². The van der Waals surface area contributed by atoms with E-state index in [1.54, 1.807) is 12.1 Å². The number of benzene rings is 1. The van der Waals surface area contributed by atoms with Gasteiger partial charge in [-0.05, 0) is 30.5 Å². The molecular weight excluding hydrogens is 222 g/mol. The van der Waals surface area contributed by atoms with Gasteiger partial charge in [0.15, 0.2) is 11.5 Å². The molecule has 4 N–H and O–H groups in total. The number of ether oxygens (including phenoxy) is 1. The molecule has 1 atom stereocenters. The molecule has 0 aliphatic heterocycles. The van der Waals surface area contributed by atoms with Crippen molar-refractivity contribution >= 4 is 6.29 Å². The molecule has 0 heterocycles. The average Bonchev–Trinajstić information content (AvgIpc) is 2.35. The van der Waals surface area contributed by atoms with Crippen molar-refractivity contribution in [3.8, 4) is 11.5 Å². The van der Waals surface area contributed by atoms with E-state index in [4.69, 9.17) is 15.6 Å². The SMILES string of the molecule is NC(C=O)CCc1ccc(O)c(OCCO)c1. The van der Waals surface area contributed by atoms with Crippen molar-refractivity contribution in [3.05, 3.63) is 23.8 Å². The van der Waals surface area contributed by atoms with E-state index in [-0.39, 0.29) is 19.0 Å². The number of carbonyl (C=O) groups is 1. The van der Waals surface area contributed by atoms with Crippen LogP contribution in [0.15, 0.2) is 18.2 Å². The first kappa shape index (κ1) is 13.5. The minimum Gasteiger partial charge on any atom is -0.504 e. The maximum Gasteiger partial charge on any atom is 0.161 e. The predicted octanol–water partition coefficient (Wildman–Crippen LogP) is 0.222. The van der Waals surface area contributed by atoms with Gasteiger partial charge in [-0.1, -0.05) is 6.07 Å². The second-order valence-electron chi connectivity index (χ2n) is 3.71. The number of phenolic OH excluding ortho intramolecular Hbond substituents is 1. The van der Waals surface area contributed by atoms with Crippen molar-refractivity contribution < 1.29 is 19.7 Å². The van der Waals surface area contributed by atoms with E-state index in [0.29, 0.717) is 24.9 Å². The number of carbonyl (C=O) groups excluding carboxylic acids is 1. The van der Waals surface area contributed by atoms with Crippen LogP contribution in [-0.4, -0.2) is 35.8 Å². The summed E-state index contributed by atoms with van der Waals surface area (Å²) >= 11 is 0. The van der Waals surface area contributed by atoms with Crippen LogP contribution < -0.4 is 10.5 Å². The molecular formula is C12H17NO4. The summed E-state index contributed by atoms with van der Waals surface area (Å²) in [5.74, 6) is 0.359. The van der Waals surface area contributed by atoms with Crippen LogP contribution >= 0.6 is 0 Å². The monoisotopic (exact) mass is 239 g/mol. The molecule has 5 heteroatoms. The topological polar surface area (TPSA) is 92.8 Å². The number of hydrogen-bond donors (Lipinski definition) is 3. The van der Waals surface area contributed by atoms with Gasteiger partial charge in [-0.25, -0.2) is 0 Å². The number of aromatic hydroxyl groups is 1. The quantitative estimate of drug-likeness (QED) is 0.592. The van der Waals surface area contributed by atoms with Crippen molar-refractivity contribution in [3.63, 3.8) is 0 Å². The van der Waals surface area contributed by atoms with E-state index in [2.05, 4.69) is 0 Å². The lowest BCUT2D eigenvalue weighted by molar-refractivity contribution is -0.109. The fourth-order valence-corrected chi connectivity index (χ4v) is 1.39. The number of hydrogen-bond acceptors (Lipinski definition) is 5. The third kappa shape index (κ3) is 4.42. The van der Waals surface area contributed by atoms with Gasteiger partial charge < -0.3 is 25.5 Å². The van der Waals surface area contributed by atoms with Gasteiger partial charge >= 0.3 is 0 Å². The lowest BCUT2D eigenvalue weighted by Crippen LogP contribution is -2.21. The Balaban J connectivity index is 2.64.